The average molecular weight is 420 g/mol. The third-order valence-electron chi connectivity index (χ3n) is 5.04. The summed E-state index contributed by atoms with van der Waals surface area (Å²) >= 11 is 12.1. The van der Waals surface area contributed by atoms with Crippen molar-refractivity contribution < 1.29 is 0 Å². The van der Waals surface area contributed by atoms with E-state index < -0.39 is 0 Å². The van der Waals surface area contributed by atoms with Crippen LogP contribution in [-0.2, 0) is 6.54 Å². The lowest BCUT2D eigenvalue weighted by molar-refractivity contribution is 0.743. The molecule has 1 aromatic heterocycles. The summed E-state index contributed by atoms with van der Waals surface area (Å²) in [5.74, 6) is 0.0660. The maximum absolute atomic E-state index is 6.56. The molecule has 0 saturated heterocycles. The van der Waals surface area contributed by atoms with E-state index in [1.54, 1.807) is 0 Å². The predicted octanol–water partition coefficient (Wildman–Crippen LogP) is 5.62. The van der Waals surface area contributed by atoms with Crippen LogP contribution in [0.3, 0.4) is 0 Å². The number of nitrogens with one attached hydrogen (secondary N) is 3. The minimum Gasteiger partial charge on any atom is -0.362 e. The zero-order valence-corrected chi connectivity index (χ0v) is 17.4. The van der Waals surface area contributed by atoms with Crippen LogP contribution in [0.4, 0.5) is 0 Å². The maximum Gasteiger partial charge on any atom is 0.166 e. The molecule has 3 aromatic carbocycles. The zero-order chi connectivity index (χ0) is 20.1. The van der Waals surface area contributed by atoms with Crippen LogP contribution in [0.1, 0.15) is 22.6 Å². The predicted molar refractivity (Wildman–Crippen MR) is 125 cm³/mol. The van der Waals surface area contributed by atoms with Gasteiger partial charge in [0.25, 0.3) is 0 Å². The van der Waals surface area contributed by atoms with E-state index in [0.717, 1.165) is 16.1 Å². The van der Waals surface area contributed by atoms with Crippen LogP contribution >= 0.6 is 23.8 Å². The van der Waals surface area contributed by atoms with E-state index in [4.69, 9.17) is 23.8 Å². The molecule has 3 nitrogen and oxygen atoms in total. The molecule has 0 saturated carbocycles. The lowest BCUT2D eigenvalue weighted by atomic mass is 9.91. The second-order valence-corrected chi connectivity index (χ2v) is 7.73. The second-order valence-electron chi connectivity index (χ2n) is 6.91. The minimum atomic E-state index is 0.0660. The van der Waals surface area contributed by atoms with Crippen molar-refractivity contribution in [3.63, 3.8) is 0 Å². The highest BCUT2D eigenvalue weighted by atomic mass is 35.5. The van der Waals surface area contributed by atoms with Gasteiger partial charge in [-0.05, 0) is 41.0 Å². The van der Waals surface area contributed by atoms with Crippen molar-refractivity contribution in [1.29, 1.82) is 0 Å². The zero-order valence-electron chi connectivity index (χ0n) is 15.9. The van der Waals surface area contributed by atoms with E-state index in [2.05, 4.69) is 58.2 Å². The number of H-pyrrole nitrogens is 1. The molecule has 0 spiro atoms. The van der Waals surface area contributed by atoms with Gasteiger partial charge >= 0.3 is 0 Å². The lowest BCUT2D eigenvalue weighted by Crippen LogP contribution is -2.37. The first kappa shape index (κ1) is 19.5. The van der Waals surface area contributed by atoms with Crippen molar-refractivity contribution >= 4 is 39.8 Å². The third kappa shape index (κ3) is 4.61. The van der Waals surface area contributed by atoms with Crippen LogP contribution in [0.25, 0.3) is 10.9 Å². The van der Waals surface area contributed by atoms with E-state index in [-0.39, 0.29) is 5.92 Å². The van der Waals surface area contributed by atoms with Crippen molar-refractivity contribution in [2.75, 3.05) is 6.54 Å². The van der Waals surface area contributed by atoms with Crippen molar-refractivity contribution in [2.24, 2.45) is 0 Å². The van der Waals surface area contributed by atoms with Gasteiger partial charge in [-0.3, -0.25) is 0 Å². The molecule has 3 N–H and O–H groups in total. The average Bonchev–Trinajstić information content (AvgIpc) is 3.18. The summed E-state index contributed by atoms with van der Waals surface area (Å²) in [4.78, 5) is 3.37. The number of aromatic amines is 1. The molecular formula is C24H22ClN3S. The molecule has 0 aliphatic rings. The van der Waals surface area contributed by atoms with Crippen molar-refractivity contribution in [3.8, 4) is 0 Å². The first-order valence-corrected chi connectivity index (χ1v) is 10.4. The molecule has 5 heteroatoms. The molecule has 4 rings (SSSR count). The summed E-state index contributed by atoms with van der Waals surface area (Å²) in [6, 6.07) is 26.5. The van der Waals surface area contributed by atoms with Gasteiger partial charge in [0.05, 0.1) is 0 Å². The Morgan fingerprint density at radius 1 is 0.862 bits per heavy atom. The fourth-order valence-corrected chi connectivity index (χ4v) is 3.99. The number of hydrogen-bond donors (Lipinski definition) is 3. The molecule has 146 valence electrons. The first-order valence-electron chi connectivity index (χ1n) is 9.58. The topological polar surface area (TPSA) is 39.8 Å². The Labute approximate surface area is 181 Å². The van der Waals surface area contributed by atoms with E-state index in [1.807, 2.05) is 42.5 Å². The van der Waals surface area contributed by atoms with E-state index in [1.165, 1.54) is 16.5 Å². The summed E-state index contributed by atoms with van der Waals surface area (Å²) < 4.78 is 0. The Hall–Kier alpha value is -2.82. The molecule has 0 aliphatic heterocycles. The summed E-state index contributed by atoms with van der Waals surface area (Å²) in [5, 5.41) is 9.25. The van der Waals surface area contributed by atoms with Crippen molar-refractivity contribution in [3.05, 3.63) is 107 Å². The molecule has 0 aliphatic carbocycles. The summed E-state index contributed by atoms with van der Waals surface area (Å²) in [5.41, 5.74) is 4.59. The van der Waals surface area contributed by atoms with Crippen LogP contribution in [0.2, 0.25) is 5.02 Å². The van der Waals surface area contributed by atoms with Gasteiger partial charge in [0.15, 0.2) is 5.11 Å². The first-order chi connectivity index (χ1) is 14.2. The molecule has 0 amide bonds. The number of rotatable bonds is 6. The Balaban J connectivity index is 1.53. The normalized spacial score (nSPS) is 11.9. The van der Waals surface area contributed by atoms with Gasteiger partial charge in [0.2, 0.25) is 0 Å². The minimum absolute atomic E-state index is 0.0660. The number of hydrogen-bond acceptors (Lipinski definition) is 1. The van der Waals surface area contributed by atoms with Crippen LogP contribution in [0.5, 0.6) is 0 Å². The molecule has 29 heavy (non-hydrogen) atoms. The van der Waals surface area contributed by atoms with Gasteiger partial charge in [0, 0.05) is 41.1 Å². The van der Waals surface area contributed by atoms with Gasteiger partial charge in [-0.25, -0.2) is 0 Å². The molecule has 1 atom stereocenters. The van der Waals surface area contributed by atoms with Gasteiger partial charge in [-0.1, -0.05) is 78.3 Å². The van der Waals surface area contributed by atoms with Gasteiger partial charge < -0.3 is 15.6 Å². The van der Waals surface area contributed by atoms with Gasteiger partial charge in [-0.2, -0.15) is 0 Å². The Morgan fingerprint density at radius 2 is 1.59 bits per heavy atom. The highest BCUT2D eigenvalue weighted by molar-refractivity contribution is 7.80. The molecule has 4 aromatic rings. The molecule has 0 bridgehead atoms. The van der Waals surface area contributed by atoms with Crippen LogP contribution in [0, 0.1) is 0 Å². The van der Waals surface area contributed by atoms with Crippen molar-refractivity contribution in [2.45, 2.75) is 12.5 Å². The Morgan fingerprint density at radius 3 is 2.41 bits per heavy atom. The number of halogens is 1. The number of benzene rings is 3. The number of aromatic nitrogens is 1. The fourth-order valence-electron chi connectivity index (χ4n) is 3.56. The molecule has 0 unspecified atom stereocenters. The summed E-state index contributed by atoms with van der Waals surface area (Å²) in [6.45, 7) is 1.34. The Bertz CT molecular complexity index is 1110. The van der Waals surface area contributed by atoms with Crippen LogP contribution < -0.4 is 10.6 Å². The highest BCUT2D eigenvalue weighted by Gasteiger charge is 2.20. The number of para-hydroxylation sites is 1. The van der Waals surface area contributed by atoms with Gasteiger partial charge in [-0.15, -0.1) is 0 Å². The van der Waals surface area contributed by atoms with E-state index in [9.17, 15) is 0 Å². The van der Waals surface area contributed by atoms with Crippen LogP contribution in [0.15, 0.2) is 85.1 Å². The molecule has 0 fully saturated rings. The number of fused-ring (bicyclic) bond motifs is 1. The second kappa shape index (κ2) is 9.12. The number of thiocarbonyl (C=S) groups is 1. The molecular weight excluding hydrogens is 398 g/mol. The largest absolute Gasteiger partial charge is 0.362 e. The Kier molecular flexibility index (Phi) is 6.13. The highest BCUT2D eigenvalue weighted by Crippen LogP contribution is 2.34. The van der Waals surface area contributed by atoms with Crippen LogP contribution in [-0.4, -0.2) is 16.6 Å². The SMILES string of the molecule is S=C(NCc1ccccc1)NC[C@@H](c1ccccc1Cl)c1c[nH]c2ccccc12. The third-order valence-corrected chi connectivity index (χ3v) is 5.67. The quantitative estimate of drug-likeness (QED) is 0.355. The maximum atomic E-state index is 6.56. The standard InChI is InChI=1S/C24H22ClN3S/c25-22-12-6-4-10-18(22)20(21-15-26-23-13-7-5-11-19(21)23)16-28-24(29)27-14-17-8-2-1-3-9-17/h1-13,15,20,26H,14,16H2,(H2,27,28,29)/t20-/m0/s1. The molecule has 0 radical (unpaired) electrons. The lowest BCUT2D eigenvalue weighted by Gasteiger charge is -2.20. The smallest absolute Gasteiger partial charge is 0.166 e. The monoisotopic (exact) mass is 419 g/mol. The summed E-state index contributed by atoms with van der Waals surface area (Å²) in [6.07, 6.45) is 2.07. The van der Waals surface area contributed by atoms with Gasteiger partial charge in [0.1, 0.15) is 0 Å². The van der Waals surface area contributed by atoms with E-state index in [0.29, 0.717) is 18.2 Å². The fraction of sp³-hybridized carbons (Fsp3) is 0.125. The summed E-state index contributed by atoms with van der Waals surface area (Å²) in [7, 11) is 0. The molecule has 1 heterocycles. The van der Waals surface area contributed by atoms with E-state index >= 15 is 0 Å². The van der Waals surface area contributed by atoms with Crippen molar-refractivity contribution in [1.82, 2.24) is 15.6 Å².